The Labute approximate surface area is 182 Å². The van der Waals surface area contributed by atoms with Crippen molar-refractivity contribution in [3.63, 3.8) is 0 Å². The van der Waals surface area contributed by atoms with Gasteiger partial charge in [-0.25, -0.2) is 0 Å². The normalized spacial score (nSPS) is 57.4. The summed E-state index contributed by atoms with van der Waals surface area (Å²) in [6, 6.07) is 0. The van der Waals surface area contributed by atoms with Gasteiger partial charge < -0.3 is 9.47 Å². The van der Waals surface area contributed by atoms with Gasteiger partial charge in [-0.3, -0.25) is 4.79 Å². The molecular formula is C27H40O3. The number of hydrogen-bond acceptors (Lipinski definition) is 3. The Bertz CT molecular complexity index is 777. The first-order chi connectivity index (χ1) is 14.3. The molecule has 0 bridgehead atoms. The van der Waals surface area contributed by atoms with Crippen LogP contribution in [0.5, 0.6) is 0 Å². The number of carbonyl (C=O) groups excluding carboxylic acids is 1. The van der Waals surface area contributed by atoms with Crippen LogP contribution in [0, 0.1) is 46.3 Å². The van der Waals surface area contributed by atoms with Crippen LogP contribution in [-0.2, 0) is 14.3 Å². The van der Waals surface area contributed by atoms with Gasteiger partial charge >= 0.3 is 0 Å². The van der Waals surface area contributed by atoms with Crippen molar-refractivity contribution in [2.45, 2.75) is 97.4 Å². The van der Waals surface area contributed by atoms with Gasteiger partial charge in [-0.05, 0) is 91.4 Å². The van der Waals surface area contributed by atoms with E-state index < -0.39 is 0 Å². The molecule has 0 N–H and O–H groups in total. The van der Waals surface area contributed by atoms with E-state index in [9.17, 15) is 4.79 Å². The average molecular weight is 413 g/mol. The SMILES string of the molecule is CC1CCC2(OC1)O[C@H]1C[C@H]3[C@@H]4CCC5=CC(=O)CC[C@]5(C)[C@H]4CC[C@]3(C)[C@H]1[C@@H]2C. The van der Waals surface area contributed by atoms with Gasteiger partial charge in [0, 0.05) is 18.8 Å². The maximum Gasteiger partial charge on any atom is 0.171 e. The first kappa shape index (κ1) is 20.0. The molecule has 5 fully saturated rings. The smallest absolute Gasteiger partial charge is 0.171 e. The van der Waals surface area contributed by atoms with Crippen LogP contribution in [-0.4, -0.2) is 24.3 Å². The number of carbonyl (C=O) groups is 1. The van der Waals surface area contributed by atoms with Gasteiger partial charge in [0.05, 0.1) is 12.7 Å². The van der Waals surface area contributed by atoms with E-state index in [2.05, 4.69) is 27.7 Å². The molecule has 30 heavy (non-hydrogen) atoms. The molecular weight excluding hydrogens is 372 g/mol. The van der Waals surface area contributed by atoms with E-state index >= 15 is 0 Å². The number of allylic oxidation sites excluding steroid dienone is 1. The summed E-state index contributed by atoms with van der Waals surface area (Å²) < 4.78 is 13.3. The summed E-state index contributed by atoms with van der Waals surface area (Å²) in [5.74, 6) is 4.24. The van der Waals surface area contributed by atoms with E-state index in [4.69, 9.17) is 9.47 Å². The lowest BCUT2D eigenvalue weighted by atomic mass is 9.46. The summed E-state index contributed by atoms with van der Waals surface area (Å²) in [6.45, 7) is 10.7. The van der Waals surface area contributed by atoms with Crippen LogP contribution in [0.3, 0.4) is 0 Å². The largest absolute Gasteiger partial charge is 0.349 e. The van der Waals surface area contributed by atoms with Crippen LogP contribution in [0.2, 0.25) is 0 Å². The highest BCUT2D eigenvalue weighted by molar-refractivity contribution is 5.91. The second-order valence-electron chi connectivity index (χ2n) is 12.5. The lowest BCUT2D eigenvalue weighted by molar-refractivity contribution is -0.272. The fourth-order valence-electron chi connectivity index (χ4n) is 9.58. The fourth-order valence-corrected chi connectivity index (χ4v) is 9.58. The van der Waals surface area contributed by atoms with Gasteiger partial charge in [0.25, 0.3) is 0 Å². The lowest BCUT2D eigenvalue weighted by Gasteiger charge is -2.58. The Morgan fingerprint density at radius 2 is 1.83 bits per heavy atom. The highest BCUT2D eigenvalue weighted by Crippen LogP contribution is 2.70. The third-order valence-corrected chi connectivity index (χ3v) is 11.2. The molecule has 0 amide bonds. The molecule has 166 valence electrons. The number of rotatable bonds is 0. The molecule has 1 spiro atoms. The quantitative estimate of drug-likeness (QED) is 0.495. The van der Waals surface area contributed by atoms with E-state index in [0.29, 0.717) is 35.1 Å². The number of hydrogen-bond donors (Lipinski definition) is 0. The molecule has 2 saturated heterocycles. The average Bonchev–Trinajstić information content (AvgIpc) is 3.16. The van der Waals surface area contributed by atoms with Gasteiger partial charge in [-0.2, -0.15) is 0 Å². The minimum absolute atomic E-state index is 0.270. The summed E-state index contributed by atoms with van der Waals surface area (Å²) in [6.07, 6.45) is 12.9. The van der Waals surface area contributed by atoms with Crippen molar-refractivity contribution < 1.29 is 14.3 Å². The molecule has 2 aliphatic heterocycles. The first-order valence-electron chi connectivity index (χ1n) is 12.8. The van der Waals surface area contributed by atoms with E-state index in [1.54, 1.807) is 0 Å². The van der Waals surface area contributed by atoms with Crippen LogP contribution in [0.1, 0.15) is 85.5 Å². The summed E-state index contributed by atoms with van der Waals surface area (Å²) in [5, 5.41) is 0. The maximum absolute atomic E-state index is 12.1. The predicted molar refractivity (Wildman–Crippen MR) is 117 cm³/mol. The third-order valence-electron chi connectivity index (χ3n) is 11.2. The Morgan fingerprint density at radius 3 is 2.60 bits per heavy atom. The number of ketones is 1. The minimum Gasteiger partial charge on any atom is -0.349 e. The number of fused-ring (bicyclic) bond motifs is 7. The Morgan fingerprint density at radius 1 is 1.00 bits per heavy atom. The molecule has 3 nitrogen and oxygen atoms in total. The van der Waals surface area contributed by atoms with Crippen molar-refractivity contribution in [3.05, 3.63) is 11.6 Å². The lowest BCUT2D eigenvalue weighted by Crippen LogP contribution is -2.52. The molecule has 0 aromatic heterocycles. The second-order valence-corrected chi connectivity index (χ2v) is 12.5. The molecule has 0 aromatic rings. The molecule has 6 aliphatic rings. The van der Waals surface area contributed by atoms with Crippen LogP contribution in [0.25, 0.3) is 0 Å². The van der Waals surface area contributed by atoms with E-state index in [0.717, 1.165) is 50.0 Å². The van der Waals surface area contributed by atoms with E-state index in [1.807, 2.05) is 6.08 Å². The van der Waals surface area contributed by atoms with Crippen LogP contribution < -0.4 is 0 Å². The van der Waals surface area contributed by atoms with Gasteiger partial charge in [0.15, 0.2) is 11.6 Å². The van der Waals surface area contributed by atoms with Crippen LogP contribution >= 0.6 is 0 Å². The van der Waals surface area contributed by atoms with Gasteiger partial charge in [-0.15, -0.1) is 0 Å². The van der Waals surface area contributed by atoms with Crippen molar-refractivity contribution in [1.82, 2.24) is 0 Å². The highest BCUT2D eigenvalue weighted by Gasteiger charge is 2.68. The molecule has 3 heteroatoms. The number of ether oxygens (including phenoxy) is 2. The fraction of sp³-hybridized carbons (Fsp3) is 0.889. The summed E-state index contributed by atoms with van der Waals surface area (Å²) in [7, 11) is 0. The topological polar surface area (TPSA) is 35.5 Å². The maximum atomic E-state index is 12.1. The van der Waals surface area contributed by atoms with Gasteiger partial charge in [0.2, 0.25) is 0 Å². The second kappa shape index (κ2) is 6.44. The monoisotopic (exact) mass is 412 g/mol. The van der Waals surface area contributed by atoms with E-state index in [1.165, 1.54) is 37.7 Å². The Hall–Kier alpha value is -0.670. The zero-order valence-corrected chi connectivity index (χ0v) is 19.4. The molecule has 2 unspecified atom stereocenters. The molecule has 2 heterocycles. The summed E-state index contributed by atoms with van der Waals surface area (Å²) in [5.41, 5.74) is 2.14. The Balaban J connectivity index is 1.28. The first-order valence-corrected chi connectivity index (χ1v) is 12.8. The molecule has 6 rings (SSSR count). The summed E-state index contributed by atoms with van der Waals surface area (Å²) in [4.78, 5) is 12.1. The van der Waals surface area contributed by atoms with Crippen LogP contribution in [0.15, 0.2) is 11.6 Å². The van der Waals surface area contributed by atoms with Crippen molar-refractivity contribution >= 4 is 5.78 Å². The molecule has 0 radical (unpaired) electrons. The highest BCUT2D eigenvalue weighted by atomic mass is 16.7. The zero-order valence-electron chi connectivity index (χ0n) is 19.4. The summed E-state index contributed by atoms with van der Waals surface area (Å²) >= 11 is 0. The van der Waals surface area contributed by atoms with E-state index in [-0.39, 0.29) is 11.2 Å². The van der Waals surface area contributed by atoms with Crippen molar-refractivity contribution in [2.75, 3.05) is 6.61 Å². The minimum atomic E-state index is -0.301. The standard InChI is InChI=1S/C27H40O3/c1-16-7-12-27(29-15-16)17(2)24-23(30-27)14-22-20-6-5-18-13-19(28)8-10-25(18,3)21(20)9-11-26(22,24)4/h13,16-17,20-24H,5-12,14-15H2,1-4H3/t16?,17-,20+,21-,22-,23-,24-,25-,26-,27?/m0/s1. The van der Waals surface area contributed by atoms with Crippen LogP contribution in [0.4, 0.5) is 0 Å². The van der Waals surface area contributed by atoms with Gasteiger partial charge in [0.1, 0.15) is 0 Å². The van der Waals surface area contributed by atoms with Crippen molar-refractivity contribution in [1.29, 1.82) is 0 Å². The van der Waals surface area contributed by atoms with Crippen molar-refractivity contribution in [3.8, 4) is 0 Å². The van der Waals surface area contributed by atoms with Crippen molar-refractivity contribution in [2.24, 2.45) is 46.3 Å². The molecule has 3 saturated carbocycles. The third kappa shape index (κ3) is 2.48. The molecule has 0 aromatic carbocycles. The Kier molecular flexibility index (Phi) is 4.29. The molecule has 10 atom stereocenters. The zero-order chi connectivity index (χ0) is 20.9. The predicted octanol–water partition coefficient (Wildman–Crippen LogP) is 5.92. The molecule has 4 aliphatic carbocycles. The van der Waals surface area contributed by atoms with Gasteiger partial charge in [-0.1, -0.05) is 33.3 Å².